The topological polar surface area (TPSA) is 38.3 Å². The lowest BCUT2D eigenvalue weighted by Crippen LogP contribution is -2.60. The molecule has 2 aliphatic heterocycles. The normalized spacial score (nSPS) is 39.6. The van der Waals surface area contributed by atoms with Gasteiger partial charge in [0.15, 0.2) is 0 Å². The first-order chi connectivity index (χ1) is 5.77. The van der Waals surface area contributed by atoms with Crippen molar-refractivity contribution < 1.29 is 9.53 Å². The average molecular weight is 169 g/mol. The minimum Gasteiger partial charge on any atom is -0.468 e. The fraction of sp³-hybridized carbons (Fsp3) is 0.889. The molecule has 2 bridgehead atoms. The fourth-order valence-corrected chi connectivity index (χ4v) is 2.36. The molecule has 3 aliphatic rings. The number of nitrogens with one attached hydrogen (secondary N) is 1. The highest BCUT2D eigenvalue weighted by Gasteiger charge is 2.46. The van der Waals surface area contributed by atoms with Gasteiger partial charge >= 0.3 is 5.97 Å². The van der Waals surface area contributed by atoms with Crippen molar-refractivity contribution in [2.75, 3.05) is 13.7 Å². The van der Waals surface area contributed by atoms with Crippen LogP contribution in [0.15, 0.2) is 0 Å². The summed E-state index contributed by atoms with van der Waals surface area (Å²) in [4.78, 5) is 11.5. The molecule has 1 aliphatic carbocycles. The van der Waals surface area contributed by atoms with Crippen molar-refractivity contribution >= 4 is 5.97 Å². The lowest BCUT2D eigenvalue weighted by molar-refractivity contribution is -0.152. The Hall–Kier alpha value is -0.570. The smallest absolute Gasteiger partial charge is 0.326 e. The van der Waals surface area contributed by atoms with E-state index in [-0.39, 0.29) is 11.5 Å². The molecule has 3 heteroatoms. The quantitative estimate of drug-likeness (QED) is 0.587. The molecule has 0 amide bonds. The Kier molecular flexibility index (Phi) is 1.83. The Morgan fingerprint density at radius 1 is 1.50 bits per heavy atom. The monoisotopic (exact) mass is 169 g/mol. The molecule has 0 unspecified atom stereocenters. The molecule has 68 valence electrons. The van der Waals surface area contributed by atoms with Gasteiger partial charge in [0.2, 0.25) is 0 Å². The molecule has 3 rings (SSSR count). The minimum atomic E-state index is -0.316. The lowest BCUT2D eigenvalue weighted by atomic mass is 9.72. The first kappa shape index (κ1) is 8.05. The van der Waals surface area contributed by atoms with Crippen LogP contribution in [0.4, 0.5) is 0 Å². The third-order valence-corrected chi connectivity index (χ3v) is 3.26. The summed E-state index contributed by atoms with van der Waals surface area (Å²) in [5, 5.41) is 3.31. The van der Waals surface area contributed by atoms with Gasteiger partial charge in [-0.15, -0.1) is 0 Å². The van der Waals surface area contributed by atoms with Crippen LogP contribution < -0.4 is 5.32 Å². The Bertz CT molecular complexity index is 181. The van der Waals surface area contributed by atoms with E-state index in [1.807, 2.05) is 0 Å². The maximum Gasteiger partial charge on any atom is 0.326 e. The maximum absolute atomic E-state index is 11.5. The second-order valence-corrected chi connectivity index (χ2v) is 3.90. The number of carbonyl (C=O) groups is 1. The van der Waals surface area contributed by atoms with Gasteiger partial charge in [0.25, 0.3) is 0 Å². The summed E-state index contributed by atoms with van der Waals surface area (Å²) in [5.41, 5.74) is -0.316. The Balaban J connectivity index is 2.13. The van der Waals surface area contributed by atoms with E-state index in [4.69, 9.17) is 4.74 Å². The van der Waals surface area contributed by atoms with Gasteiger partial charge in [0, 0.05) is 0 Å². The average Bonchev–Trinajstić information content (AvgIpc) is 2.19. The molecule has 3 fully saturated rings. The van der Waals surface area contributed by atoms with Crippen molar-refractivity contribution in [1.82, 2.24) is 5.32 Å². The van der Waals surface area contributed by atoms with Crippen molar-refractivity contribution in [1.29, 1.82) is 0 Å². The number of hydrogen-bond acceptors (Lipinski definition) is 3. The third kappa shape index (κ3) is 1.04. The highest BCUT2D eigenvalue weighted by atomic mass is 16.5. The van der Waals surface area contributed by atoms with Crippen LogP contribution in [0.25, 0.3) is 0 Å². The largest absolute Gasteiger partial charge is 0.468 e. The zero-order chi connectivity index (χ0) is 8.60. The summed E-state index contributed by atoms with van der Waals surface area (Å²) in [6, 6.07) is 0. The van der Waals surface area contributed by atoms with Crippen molar-refractivity contribution in [3.05, 3.63) is 0 Å². The van der Waals surface area contributed by atoms with E-state index >= 15 is 0 Å². The number of rotatable bonds is 1. The number of hydrogen-bond donors (Lipinski definition) is 1. The second kappa shape index (κ2) is 2.73. The number of fused-ring (bicyclic) bond motifs is 3. The molecule has 0 spiro atoms. The molecule has 0 radical (unpaired) electrons. The lowest BCUT2D eigenvalue weighted by Gasteiger charge is -2.45. The van der Waals surface area contributed by atoms with E-state index in [9.17, 15) is 4.79 Å². The van der Waals surface area contributed by atoms with Crippen LogP contribution in [0, 0.1) is 5.92 Å². The van der Waals surface area contributed by atoms with Gasteiger partial charge in [-0.05, 0) is 38.1 Å². The number of ether oxygens (including phenoxy) is 1. The second-order valence-electron chi connectivity index (χ2n) is 3.90. The molecule has 0 aromatic heterocycles. The Morgan fingerprint density at radius 3 is 2.58 bits per heavy atom. The number of piperidine rings is 2. The van der Waals surface area contributed by atoms with Crippen LogP contribution in [0.5, 0.6) is 0 Å². The summed E-state index contributed by atoms with van der Waals surface area (Å²) >= 11 is 0. The first-order valence-electron chi connectivity index (χ1n) is 4.60. The van der Waals surface area contributed by atoms with Gasteiger partial charge in [0.05, 0.1) is 7.11 Å². The standard InChI is InChI=1S/C9H15NO2/c1-12-8(11)9-4-2-7(3-5-9)6-10-9/h7,10H,2-6H2,1H3. The van der Waals surface area contributed by atoms with Crippen LogP contribution >= 0.6 is 0 Å². The molecule has 12 heavy (non-hydrogen) atoms. The summed E-state index contributed by atoms with van der Waals surface area (Å²) in [6.07, 6.45) is 4.29. The summed E-state index contributed by atoms with van der Waals surface area (Å²) in [6.45, 7) is 0.995. The van der Waals surface area contributed by atoms with Gasteiger partial charge in [-0.25, -0.2) is 0 Å². The zero-order valence-corrected chi connectivity index (χ0v) is 7.43. The number of carbonyl (C=O) groups excluding carboxylic acids is 1. The molecule has 0 aromatic carbocycles. The fourth-order valence-electron chi connectivity index (χ4n) is 2.36. The maximum atomic E-state index is 11.5. The molecular weight excluding hydrogens is 154 g/mol. The third-order valence-electron chi connectivity index (χ3n) is 3.26. The zero-order valence-electron chi connectivity index (χ0n) is 7.43. The van der Waals surface area contributed by atoms with Gasteiger partial charge in [-0.3, -0.25) is 4.79 Å². The molecule has 1 N–H and O–H groups in total. The van der Waals surface area contributed by atoms with Gasteiger partial charge in [-0.1, -0.05) is 0 Å². The Labute approximate surface area is 72.5 Å². The van der Waals surface area contributed by atoms with E-state index in [1.54, 1.807) is 0 Å². The van der Waals surface area contributed by atoms with Crippen molar-refractivity contribution in [3.63, 3.8) is 0 Å². The summed E-state index contributed by atoms with van der Waals surface area (Å²) in [5.74, 6) is 0.734. The molecule has 2 saturated heterocycles. The highest BCUT2D eigenvalue weighted by molar-refractivity contribution is 5.81. The highest BCUT2D eigenvalue weighted by Crippen LogP contribution is 2.37. The van der Waals surface area contributed by atoms with Crippen LogP contribution in [-0.4, -0.2) is 25.2 Å². The van der Waals surface area contributed by atoms with E-state index in [0.29, 0.717) is 0 Å². The molecule has 0 aromatic rings. The SMILES string of the molecule is COC(=O)C12CCC(CC1)CN2. The van der Waals surface area contributed by atoms with Gasteiger partial charge in [-0.2, -0.15) is 0 Å². The van der Waals surface area contributed by atoms with Crippen molar-refractivity contribution in [2.45, 2.75) is 31.2 Å². The predicted molar refractivity (Wildman–Crippen MR) is 44.7 cm³/mol. The van der Waals surface area contributed by atoms with Crippen molar-refractivity contribution in [2.24, 2.45) is 5.92 Å². The van der Waals surface area contributed by atoms with E-state index in [0.717, 1.165) is 25.3 Å². The van der Waals surface area contributed by atoms with Crippen LogP contribution in [0.1, 0.15) is 25.7 Å². The van der Waals surface area contributed by atoms with Crippen LogP contribution in [0.3, 0.4) is 0 Å². The number of methoxy groups -OCH3 is 1. The van der Waals surface area contributed by atoms with E-state index < -0.39 is 0 Å². The van der Waals surface area contributed by atoms with Crippen LogP contribution in [-0.2, 0) is 9.53 Å². The summed E-state index contributed by atoms with van der Waals surface area (Å²) in [7, 11) is 1.47. The molecule has 2 heterocycles. The summed E-state index contributed by atoms with van der Waals surface area (Å²) < 4.78 is 4.81. The first-order valence-corrected chi connectivity index (χ1v) is 4.60. The van der Waals surface area contributed by atoms with E-state index in [2.05, 4.69) is 5.32 Å². The van der Waals surface area contributed by atoms with Gasteiger partial charge < -0.3 is 10.1 Å². The molecule has 0 atom stereocenters. The predicted octanol–water partition coefficient (Wildman–Crippen LogP) is 0.692. The molecule has 3 nitrogen and oxygen atoms in total. The Morgan fingerprint density at radius 2 is 2.17 bits per heavy atom. The van der Waals surface area contributed by atoms with E-state index in [1.165, 1.54) is 20.0 Å². The molecule has 1 saturated carbocycles. The van der Waals surface area contributed by atoms with Gasteiger partial charge in [0.1, 0.15) is 5.54 Å². The van der Waals surface area contributed by atoms with Crippen LogP contribution in [0.2, 0.25) is 0 Å². The van der Waals surface area contributed by atoms with Crippen molar-refractivity contribution in [3.8, 4) is 0 Å². The number of esters is 1. The molecular formula is C9H15NO2. The minimum absolute atomic E-state index is 0.0688.